The molecule has 1 heterocycles. The second kappa shape index (κ2) is 7.45. The standard InChI is InChI=1S/C15H29N3/c1-5-7-8-9-10-11-13-15(16)18(12(3)4)14(6-2)17-13/h12H,5-11,16H2,1-4H3. The summed E-state index contributed by atoms with van der Waals surface area (Å²) in [5, 5.41) is 0. The molecule has 18 heavy (non-hydrogen) atoms. The lowest BCUT2D eigenvalue weighted by molar-refractivity contribution is 0.579. The van der Waals surface area contributed by atoms with E-state index in [9.17, 15) is 0 Å². The van der Waals surface area contributed by atoms with Gasteiger partial charge in [0.25, 0.3) is 0 Å². The molecule has 3 nitrogen and oxygen atoms in total. The minimum absolute atomic E-state index is 0.404. The van der Waals surface area contributed by atoms with Gasteiger partial charge in [-0.1, -0.05) is 39.5 Å². The number of imidazole rings is 1. The molecule has 2 N–H and O–H groups in total. The zero-order valence-electron chi connectivity index (χ0n) is 12.5. The summed E-state index contributed by atoms with van der Waals surface area (Å²) in [5.74, 6) is 2.02. The fraction of sp³-hybridized carbons (Fsp3) is 0.800. The molecule has 0 atom stereocenters. The first-order chi connectivity index (χ1) is 8.61. The van der Waals surface area contributed by atoms with Gasteiger partial charge in [-0.05, 0) is 26.7 Å². The minimum atomic E-state index is 0.404. The SMILES string of the molecule is CCCCCCCc1nc(CC)n(C(C)C)c1N. The summed E-state index contributed by atoms with van der Waals surface area (Å²) in [6.45, 7) is 8.73. The maximum atomic E-state index is 6.22. The Hall–Kier alpha value is -0.990. The number of hydrogen-bond donors (Lipinski definition) is 1. The van der Waals surface area contributed by atoms with Crippen LogP contribution < -0.4 is 5.73 Å². The van der Waals surface area contributed by atoms with E-state index < -0.39 is 0 Å². The first-order valence-electron chi connectivity index (χ1n) is 7.47. The monoisotopic (exact) mass is 251 g/mol. The number of anilines is 1. The molecule has 0 unspecified atom stereocenters. The highest BCUT2D eigenvalue weighted by atomic mass is 15.2. The molecule has 0 aliphatic rings. The highest BCUT2D eigenvalue weighted by Crippen LogP contribution is 2.22. The smallest absolute Gasteiger partial charge is 0.127 e. The van der Waals surface area contributed by atoms with E-state index >= 15 is 0 Å². The van der Waals surface area contributed by atoms with Crippen molar-refractivity contribution in [3.05, 3.63) is 11.5 Å². The van der Waals surface area contributed by atoms with Crippen LogP contribution >= 0.6 is 0 Å². The van der Waals surface area contributed by atoms with Crippen molar-refractivity contribution in [2.24, 2.45) is 0 Å². The molecule has 1 rings (SSSR count). The van der Waals surface area contributed by atoms with E-state index in [-0.39, 0.29) is 0 Å². The topological polar surface area (TPSA) is 43.8 Å². The van der Waals surface area contributed by atoms with Gasteiger partial charge in [-0.15, -0.1) is 0 Å². The average Bonchev–Trinajstić information content (AvgIpc) is 2.66. The number of aromatic nitrogens is 2. The van der Waals surface area contributed by atoms with Crippen LogP contribution in [0, 0.1) is 0 Å². The van der Waals surface area contributed by atoms with Gasteiger partial charge >= 0.3 is 0 Å². The fourth-order valence-electron chi connectivity index (χ4n) is 2.45. The van der Waals surface area contributed by atoms with E-state index in [2.05, 4.69) is 32.3 Å². The van der Waals surface area contributed by atoms with Gasteiger partial charge in [0.05, 0.1) is 5.69 Å². The molecule has 0 saturated heterocycles. The zero-order chi connectivity index (χ0) is 13.5. The van der Waals surface area contributed by atoms with Crippen molar-refractivity contribution in [3.63, 3.8) is 0 Å². The van der Waals surface area contributed by atoms with Crippen LogP contribution in [0.25, 0.3) is 0 Å². The summed E-state index contributed by atoms with van der Waals surface area (Å²) in [4.78, 5) is 4.71. The molecule has 0 aliphatic carbocycles. The van der Waals surface area contributed by atoms with Gasteiger partial charge in [-0.25, -0.2) is 4.98 Å². The van der Waals surface area contributed by atoms with Crippen LogP contribution in [0.4, 0.5) is 5.82 Å². The van der Waals surface area contributed by atoms with Gasteiger partial charge < -0.3 is 10.3 Å². The Morgan fingerprint density at radius 3 is 2.28 bits per heavy atom. The lowest BCUT2D eigenvalue weighted by Gasteiger charge is -2.12. The first kappa shape index (κ1) is 15.1. The minimum Gasteiger partial charge on any atom is -0.384 e. The largest absolute Gasteiger partial charge is 0.384 e. The van der Waals surface area contributed by atoms with Crippen molar-refractivity contribution in [2.45, 2.75) is 78.7 Å². The second-order valence-corrected chi connectivity index (χ2v) is 5.34. The van der Waals surface area contributed by atoms with E-state index in [4.69, 9.17) is 10.7 Å². The molecule has 1 aromatic rings. The summed E-state index contributed by atoms with van der Waals surface area (Å²) < 4.78 is 2.18. The van der Waals surface area contributed by atoms with Crippen LogP contribution in [-0.2, 0) is 12.8 Å². The van der Waals surface area contributed by atoms with E-state index in [1.165, 1.54) is 32.1 Å². The van der Waals surface area contributed by atoms with Crippen molar-refractivity contribution >= 4 is 5.82 Å². The van der Waals surface area contributed by atoms with Gasteiger partial charge in [-0.3, -0.25) is 0 Å². The molecule has 0 aliphatic heterocycles. The third-order valence-corrected chi connectivity index (χ3v) is 3.45. The summed E-state index contributed by atoms with van der Waals surface area (Å²) in [5.41, 5.74) is 7.33. The third kappa shape index (κ3) is 3.76. The summed E-state index contributed by atoms with van der Waals surface area (Å²) in [6, 6.07) is 0.404. The van der Waals surface area contributed by atoms with Crippen molar-refractivity contribution in [1.82, 2.24) is 9.55 Å². The Labute approximate surface area is 112 Å². The molecule has 0 radical (unpaired) electrons. The van der Waals surface area contributed by atoms with E-state index in [0.29, 0.717) is 6.04 Å². The van der Waals surface area contributed by atoms with Crippen molar-refractivity contribution < 1.29 is 0 Å². The van der Waals surface area contributed by atoms with Gasteiger partial charge in [0, 0.05) is 12.5 Å². The highest BCUT2D eigenvalue weighted by molar-refractivity contribution is 5.39. The maximum Gasteiger partial charge on any atom is 0.127 e. The molecule has 1 aromatic heterocycles. The van der Waals surface area contributed by atoms with E-state index in [1.807, 2.05) is 0 Å². The average molecular weight is 251 g/mol. The van der Waals surface area contributed by atoms with Crippen molar-refractivity contribution in [2.75, 3.05) is 5.73 Å². The van der Waals surface area contributed by atoms with Gasteiger partial charge in [0.1, 0.15) is 11.6 Å². The predicted octanol–water partition coefficient (Wildman–Crippen LogP) is 4.12. The summed E-state index contributed by atoms with van der Waals surface area (Å²) in [6.07, 6.45) is 8.47. The number of aryl methyl sites for hydroxylation is 2. The van der Waals surface area contributed by atoms with Gasteiger partial charge in [0.2, 0.25) is 0 Å². The third-order valence-electron chi connectivity index (χ3n) is 3.45. The molecule has 0 fully saturated rings. The maximum absolute atomic E-state index is 6.22. The normalized spacial score (nSPS) is 11.4. The fourth-order valence-corrected chi connectivity index (χ4v) is 2.45. The Morgan fingerprint density at radius 2 is 1.78 bits per heavy atom. The number of unbranched alkanes of at least 4 members (excludes halogenated alkanes) is 4. The van der Waals surface area contributed by atoms with Gasteiger partial charge in [0.15, 0.2) is 0 Å². The van der Waals surface area contributed by atoms with Crippen LogP contribution in [0.5, 0.6) is 0 Å². The Morgan fingerprint density at radius 1 is 1.11 bits per heavy atom. The molecule has 0 bridgehead atoms. The molecule has 104 valence electrons. The Kier molecular flexibility index (Phi) is 6.23. The summed E-state index contributed by atoms with van der Waals surface area (Å²) >= 11 is 0. The van der Waals surface area contributed by atoms with Crippen molar-refractivity contribution in [1.29, 1.82) is 0 Å². The number of nitrogens with two attached hydrogens (primary N) is 1. The molecule has 3 heteroatoms. The van der Waals surface area contributed by atoms with Crippen LogP contribution in [-0.4, -0.2) is 9.55 Å². The molecule has 0 saturated carbocycles. The van der Waals surface area contributed by atoms with E-state index in [1.54, 1.807) is 0 Å². The first-order valence-corrected chi connectivity index (χ1v) is 7.47. The number of nitrogens with zero attached hydrogens (tertiary/aromatic N) is 2. The summed E-state index contributed by atoms with van der Waals surface area (Å²) in [7, 11) is 0. The van der Waals surface area contributed by atoms with Crippen molar-refractivity contribution in [3.8, 4) is 0 Å². The molecular formula is C15H29N3. The van der Waals surface area contributed by atoms with Crippen LogP contribution in [0.3, 0.4) is 0 Å². The quantitative estimate of drug-likeness (QED) is 0.706. The lowest BCUT2D eigenvalue weighted by atomic mass is 10.1. The number of nitrogen functional groups attached to an aromatic ring is 1. The van der Waals surface area contributed by atoms with Crippen LogP contribution in [0.15, 0.2) is 0 Å². The number of rotatable bonds is 8. The lowest BCUT2D eigenvalue weighted by Crippen LogP contribution is -2.09. The van der Waals surface area contributed by atoms with Crippen LogP contribution in [0.2, 0.25) is 0 Å². The molecular weight excluding hydrogens is 222 g/mol. The molecule has 0 aromatic carbocycles. The Balaban J connectivity index is 2.61. The zero-order valence-corrected chi connectivity index (χ0v) is 12.5. The highest BCUT2D eigenvalue weighted by Gasteiger charge is 2.14. The molecule has 0 amide bonds. The Bertz CT molecular complexity index is 353. The number of hydrogen-bond acceptors (Lipinski definition) is 2. The van der Waals surface area contributed by atoms with Gasteiger partial charge in [-0.2, -0.15) is 0 Å². The van der Waals surface area contributed by atoms with E-state index in [0.717, 1.165) is 30.2 Å². The second-order valence-electron chi connectivity index (χ2n) is 5.34. The molecule has 0 spiro atoms. The van der Waals surface area contributed by atoms with Crippen LogP contribution in [0.1, 0.15) is 77.4 Å². The predicted molar refractivity (Wildman–Crippen MR) is 78.9 cm³/mol.